The Labute approximate surface area is 77.6 Å². The summed E-state index contributed by atoms with van der Waals surface area (Å²) in [6.45, 7) is 4.15. The highest BCUT2D eigenvalue weighted by Gasteiger charge is 2.22. The normalized spacial score (nSPS) is 20.5. The molecule has 0 saturated carbocycles. The minimum absolute atomic E-state index is 0.334. The molecule has 1 unspecified atom stereocenters. The van der Waals surface area contributed by atoms with Gasteiger partial charge >= 0.3 is 0 Å². The molecule has 1 saturated heterocycles. The molecule has 1 aliphatic heterocycles. The lowest BCUT2D eigenvalue weighted by molar-refractivity contribution is 0.0906. The lowest BCUT2D eigenvalue weighted by Gasteiger charge is -1.97. The van der Waals surface area contributed by atoms with Crippen molar-refractivity contribution >= 4 is 0 Å². The lowest BCUT2D eigenvalue weighted by Crippen LogP contribution is -2.00. The fourth-order valence-electron chi connectivity index (χ4n) is 1.15. The van der Waals surface area contributed by atoms with E-state index in [2.05, 4.69) is 6.92 Å². The molecule has 0 aromatic carbocycles. The Morgan fingerprint density at radius 3 is 2.85 bits per heavy atom. The summed E-state index contributed by atoms with van der Waals surface area (Å²) in [5.74, 6) is 1.92. The molecule has 72 valence electrons. The second-order valence-electron chi connectivity index (χ2n) is 3.19. The quantitative estimate of drug-likeness (QED) is 0.651. The summed E-state index contributed by atoms with van der Waals surface area (Å²) in [6, 6.07) is 3.96. The first-order valence-electron chi connectivity index (χ1n) is 4.65. The molecule has 0 bridgehead atoms. The van der Waals surface area contributed by atoms with E-state index in [1.165, 1.54) is 0 Å². The zero-order valence-corrected chi connectivity index (χ0v) is 7.79. The van der Waals surface area contributed by atoms with Crippen molar-refractivity contribution in [3.8, 4) is 0 Å². The van der Waals surface area contributed by atoms with Crippen LogP contribution in [0, 0.1) is 0 Å². The molecule has 2 heterocycles. The van der Waals surface area contributed by atoms with Crippen molar-refractivity contribution in [2.75, 3.05) is 13.2 Å². The van der Waals surface area contributed by atoms with E-state index in [0.717, 1.165) is 24.5 Å². The third-order valence-corrected chi connectivity index (χ3v) is 2.02. The Morgan fingerprint density at radius 1 is 1.46 bits per heavy atom. The Balaban J connectivity index is 1.72. The van der Waals surface area contributed by atoms with Crippen LogP contribution in [0.4, 0.5) is 0 Å². The van der Waals surface area contributed by atoms with E-state index in [1.54, 1.807) is 0 Å². The van der Waals surface area contributed by atoms with Crippen LogP contribution in [0.3, 0.4) is 0 Å². The molecule has 0 radical (unpaired) electrons. The van der Waals surface area contributed by atoms with E-state index >= 15 is 0 Å². The number of hydrogen-bond donors (Lipinski definition) is 0. The number of hydrogen-bond acceptors (Lipinski definition) is 3. The highest BCUT2D eigenvalue weighted by molar-refractivity contribution is 5.06. The topological polar surface area (TPSA) is 34.9 Å². The fraction of sp³-hybridized carbons (Fsp3) is 0.600. The van der Waals surface area contributed by atoms with Crippen LogP contribution < -0.4 is 0 Å². The molecule has 1 fully saturated rings. The predicted octanol–water partition coefficient (Wildman–Crippen LogP) is 1.76. The van der Waals surface area contributed by atoms with Crippen LogP contribution in [-0.2, 0) is 22.5 Å². The van der Waals surface area contributed by atoms with Crippen molar-refractivity contribution in [3.63, 3.8) is 0 Å². The number of rotatable bonds is 5. The summed E-state index contributed by atoms with van der Waals surface area (Å²) in [5.41, 5.74) is 0. The third kappa shape index (κ3) is 2.57. The molecule has 2 rings (SSSR count). The number of aryl methyl sites for hydroxylation is 1. The summed E-state index contributed by atoms with van der Waals surface area (Å²) in [6.07, 6.45) is 1.27. The SMILES string of the molecule is CCc1ccc(COCC2CO2)o1. The standard InChI is InChI=1S/C10H14O3/c1-2-8-3-4-9(13-8)5-11-6-10-7-12-10/h3-4,10H,2,5-7H2,1H3. The van der Waals surface area contributed by atoms with Crippen molar-refractivity contribution < 1.29 is 13.9 Å². The molecule has 0 spiro atoms. The first-order valence-corrected chi connectivity index (χ1v) is 4.65. The Morgan fingerprint density at radius 2 is 2.23 bits per heavy atom. The summed E-state index contributed by atoms with van der Waals surface area (Å²) in [5, 5.41) is 0. The van der Waals surface area contributed by atoms with Gasteiger partial charge in [0.2, 0.25) is 0 Å². The Hall–Kier alpha value is -0.800. The summed E-state index contributed by atoms with van der Waals surface area (Å²) >= 11 is 0. The van der Waals surface area contributed by atoms with Gasteiger partial charge in [-0.15, -0.1) is 0 Å². The molecule has 1 atom stereocenters. The number of ether oxygens (including phenoxy) is 2. The molecule has 3 nitrogen and oxygen atoms in total. The first kappa shape index (κ1) is 8.78. The highest BCUT2D eigenvalue weighted by atomic mass is 16.6. The van der Waals surface area contributed by atoms with Crippen LogP contribution in [0.15, 0.2) is 16.5 Å². The summed E-state index contributed by atoms with van der Waals surface area (Å²) < 4.78 is 15.9. The Bertz CT molecular complexity index is 263. The van der Waals surface area contributed by atoms with Gasteiger partial charge in [0.15, 0.2) is 0 Å². The van der Waals surface area contributed by atoms with Crippen LogP contribution in [0.1, 0.15) is 18.4 Å². The molecule has 0 N–H and O–H groups in total. The summed E-state index contributed by atoms with van der Waals surface area (Å²) in [7, 11) is 0. The van der Waals surface area contributed by atoms with Gasteiger partial charge < -0.3 is 13.9 Å². The molecular formula is C10H14O3. The van der Waals surface area contributed by atoms with Gasteiger partial charge in [0.25, 0.3) is 0 Å². The largest absolute Gasteiger partial charge is 0.464 e. The molecule has 1 aromatic rings. The fourth-order valence-corrected chi connectivity index (χ4v) is 1.15. The van der Waals surface area contributed by atoms with Crippen molar-refractivity contribution in [3.05, 3.63) is 23.7 Å². The number of epoxide rings is 1. The van der Waals surface area contributed by atoms with Gasteiger partial charge in [0.1, 0.15) is 24.2 Å². The lowest BCUT2D eigenvalue weighted by atomic mass is 10.4. The maximum absolute atomic E-state index is 5.47. The predicted molar refractivity (Wildman–Crippen MR) is 47.5 cm³/mol. The third-order valence-electron chi connectivity index (χ3n) is 2.02. The van der Waals surface area contributed by atoms with Gasteiger partial charge in [0, 0.05) is 6.42 Å². The van der Waals surface area contributed by atoms with Gasteiger partial charge in [-0.2, -0.15) is 0 Å². The van der Waals surface area contributed by atoms with E-state index in [1.807, 2.05) is 12.1 Å². The average Bonchev–Trinajstić information content (AvgIpc) is 2.84. The molecule has 13 heavy (non-hydrogen) atoms. The first-order chi connectivity index (χ1) is 6.38. The van der Waals surface area contributed by atoms with E-state index in [9.17, 15) is 0 Å². The van der Waals surface area contributed by atoms with Gasteiger partial charge in [-0.25, -0.2) is 0 Å². The van der Waals surface area contributed by atoms with Crippen LogP contribution in [0.2, 0.25) is 0 Å². The van der Waals surface area contributed by atoms with E-state index in [-0.39, 0.29) is 0 Å². The maximum Gasteiger partial charge on any atom is 0.129 e. The van der Waals surface area contributed by atoms with Crippen LogP contribution in [-0.4, -0.2) is 19.3 Å². The van der Waals surface area contributed by atoms with Gasteiger partial charge in [-0.3, -0.25) is 0 Å². The van der Waals surface area contributed by atoms with E-state index in [0.29, 0.717) is 19.3 Å². The average molecular weight is 182 g/mol. The van der Waals surface area contributed by atoms with Crippen molar-refractivity contribution in [2.24, 2.45) is 0 Å². The summed E-state index contributed by atoms with van der Waals surface area (Å²) in [4.78, 5) is 0. The monoisotopic (exact) mass is 182 g/mol. The molecular weight excluding hydrogens is 168 g/mol. The second-order valence-corrected chi connectivity index (χ2v) is 3.19. The van der Waals surface area contributed by atoms with Crippen LogP contribution in [0.5, 0.6) is 0 Å². The highest BCUT2D eigenvalue weighted by Crippen LogP contribution is 2.12. The molecule has 0 amide bonds. The van der Waals surface area contributed by atoms with E-state index in [4.69, 9.17) is 13.9 Å². The minimum atomic E-state index is 0.334. The van der Waals surface area contributed by atoms with Crippen molar-refractivity contribution in [1.29, 1.82) is 0 Å². The number of furan rings is 1. The second kappa shape index (κ2) is 3.94. The van der Waals surface area contributed by atoms with E-state index < -0.39 is 0 Å². The smallest absolute Gasteiger partial charge is 0.129 e. The van der Waals surface area contributed by atoms with Gasteiger partial charge in [0.05, 0.1) is 13.2 Å². The zero-order valence-electron chi connectivity index (χ0n) is 7.79. The van der Waals surface area contributed by atoms with Crippen LogP contribution in [0.25, 0.3) is 0 Å². The molecule has 1 aromatic heterocycles. The van der Waals surface area contributed by atoms with Gasteiger partial charge in [-0.05, 0) is 12.1 Å². The van der Waals surface area contributed by atoms with Gasteiger partial charge in [-0.1, -0.05) is 6.92 Å². The molecule has 1 aliphatic rings. The molecule has 0 aliphatic carbocycles. The zero-order chi connectivity index (χ0) is 9.10. The molecule has 3 heteroatoms. The van der Waals surface area contributed by atoms with Crippen LogP contribution >= 0.6 is 0 Å². The minimum Gasteiger partial charge on any atom is -0.464 e. The maximum atomic E-state index is 5.47. The van der Waals surface area contributed by atoms with Crippen molar-refractivity contribution in [2.45, 2.75) is 26.1 Å². The van der Waals surface area contributed by atoms with Crippen molar-refractivity contribution in [1.82, 2.24) is 0 Å². The Kier molecular flexibility index (Phi) is 2.66.